The van der Waals surface area contributed by atoms with Gasteiger partial charge >= 0.3 is 0 Å². The van der Waals surface area contributed by atoms with Crippen LogP contribution in [0.1, 0.15) is 5.56 Å². The highest BCUT2D eigenvalue weighted by Gasteiger charge is 2.21. The number of halogens is 4. The van der Waals surface area contributed by atoms with Crippen LogP contribution in [0, 0.1) is 18.6 Å². The number of benzene rings is 2. The largest absolute Gasteiger partial charge is 0.297 e. The molecule has 0 unspecified atom stereocenters. The molecule has 2 aromatic carbocycles. The van der Waals surface area contributed by atoms with Gasteiger partial charge in [-0.3, -0.25) is 4.57 Å². The molecule has 0 bridgehead atoms. The molecule has 0 amide bonds. The molecule has 0 fully saturated rings. The van der Waals surface area contributed by atoms with Gasteiger partial charge in [0.25, 0.3) is 0 Å². The molecule has 2 nitrogen and oxygen atoms in total. The SMILES string of the molecule is Cc1cc(F)c(-c2c(Cl)ncn2-c2ccc(Cl)cc2)c(F)c1. The summed E-state index contributed by atoms with van der Waals surface area (Å²) in [4.78, 5) is 3.96. The van der Waals surface area contributed by atoms with Gasteiger partial charge in [-0.05, 0) is 48.9 Å². The summed E-state index contributed by atoms with van der Waals surface area (Å²) >= 11 is 11.9. The number of hydrogen-bond acceptors (Lipinski definition) is 1. The normalized spacial score (nSPS) is 11.0. The summed E-state index contributed by atoms with van der Waals surface area (Å²) in [5.74, 6) is -1.37. The van der Waals surface area contributed by atoms with Gasteiger partial charge in [-0.1, -0.05) is 23.2 Å². The smallest absolute Gasteiger partial charge is 0.155 e. The number of imidazole rings is 1. The molecule has 0 spiro atoms. The van der Waals surface area contributed by atoms with E-state index in [1.54, 1.807) is 31.2 Å². The Morgan fingerprint density at radius 1 is 1.00 bits per heavy atom. The van der Waals surface area contributed by atoms with E-state index >= 15 is 0 Å². The Bertz CT molecular complexity index is 819. The molecule has 1 heterocycles. The zero-order chi connectivity index (χ0) is 15.9. The standard InChI is InChI=1S/C16H10Cl2F2N2/c1-9-6-12(19)14(13(20)7-9)15-16(18)21-8-22(15)11-4-2-10(17)3-5-11/h2-8H,1H3. The van der Waals surface area contributed by atoms with Crippen LogP contribution in [0.5, 0.6) is 0 Å². The van der Waals surface area contributed by atoms with Crippen molar-refractivity contribution in [3.63, 3.8) is 0 Å². The summed E-state index contributed by atoms with van der Waals surface area (Å²) in [5, 5.41) is 0.584. The maximum atomic E-state index is 14.3. The molecule has 1 aromatic heterocycles. The lowest BCUT2D eigenvalue weighted by Gasteiger charge is -2.11. The van der Waals surface area contributed by atoms with Crippen molar-refractivity contribution in [3.8, 4) is 16.9 Å². The Labute approximate surface area is 135 Å². The first-order valence-electron chi connectivity index (χ1n) is 6.42. The summed E-state index contributed by atoms with van der Waals surface area (Å²) in [5.41, 5.74) is 1.10. The second kappa shape index (κ2) is 5.71. The predicted molar refractivity (Wildman–Crippen MR) is 83.7 cm³/mol. The topological polar surface area (TPSA) is 17.8 Å². The van der Waals surface area contributed by atoms with Crippen LogP contribution in [0.15, 0.2) is 42.7 Å². The molecule has 22 heavy (non-hydrogen) atoms. The van der Waals surface area contributed by atoms with Crippen LogP contribution in [0.2, 0.25) is 10.2 Å². The molecule has 3 aromatic rings. The lowest BCUT2D eigenvalue weighted by atomic mass is 10.1. The first-order chi connectivity index (χ1) is 10.5. The Hall–Kier alpha value is -1.91. The van der Waals surface area contributed by atoms with Crippen molar-refractivity contribution in [1.82, 2.24) is 9.55 Å². The van der Waals surface area contributed by atoms with Crippen molar-refractivity contribution in [2.75, 3.05) is 0 Å². The number of rotatable bonds is 2. The molecule has 3 rings (SSSR count). The fourth-order valence-corrected chi connectivity index (χ4v) is 2.63. The average molecular weight is 339 g/mol. The quantitative estimate of drug-likeness (QED) is 0.608. The Kier molecular flexibility index (Phi) is 3.89. The summed E-state index contributed by atoms with van der Waals surface area (Å²) in [7, 11) is 0. The molecule has 0 aliphatic carbocycles. The second-order valence-corrected chi connectivity index (χ2v) is 5.63. The van der Waals surface area contributed by atoms with Gasteiger partial charge in [-0.2, -0.15) is 0 Å². The third-order valence-corrected chi connectivity index (χ3v) is 3.78. The van der Waals surface area contributed by atoms with Crippen LogP contribution in [-0.2, 0) is 0 Å². The van der Waals surface area contributed by atoms with Crippen LogP contribution in [0.4, 0.5) is 8.78 Å². The minimum atomic E-state index is -0.685. The summed E-state index contributed by atoms with van der Waals surface area (Å²) in [6, 6.07) is 9.30. The van der Waals surface area contributed by atoms with E-state index in [1.165, 1.54) is 23.0 Å². The predicted octanol–water partition coefficient (Wildman–Crippen LogP) is 5.43. The lowest BCUT2D eigenvalue weighted by molar-refractivity contribution is 0.586. The van der Waals surface area contributed by atoms with E-state index in [4.69, 9.17) is 23.2 Å². The van der Waals surface area contributed by atoms with E-state index in [9.17, 15) is 8.78 Å². The number of nitrogens with zero attached hydrogens (tertiary/aromatic N) is 2. The highest BCUT2D eigenvalue weighted by Crippen LogP contribution is 2.34. The summed E-state index contributed by atoms with van der Waals surface area (Å²) < 4.78 is 30.0. The zero-order valence-corrected chi connectivity index (χ0v) is 13.0. The molecule has 0 N–H and O–H groups in total. The van der Waals surface area contributed by atoms with Crippen LogP contribution in [-0.4, -0.2) is 9.55 Å². The van der Waals surface area contributed by atoms with Crippen molar-refractivity contribution < 1.29 is 8.78 Å². The Balaban J connectivity index is 2.25. The van der Waals surface area contributed by atoms with Crippen molar-refractivity contribution in [2.45, 2.75) is 6.92 Å². The van der Waals surface area contributed by atoms with Gasteiger partial charge < -0.3 is 0 Å². The summed E-state index contributed by atoms with van der Waals surface area (Å²) in [6.07, 6.45) is 1.42. The van der Waals surface area contributed by atoms with Gasteiger partial charge in [-0.25, -0.2) is 13.8 Å². The Morgan fingerprint density at radius 2 is 1.59 bits per heavy atom. The third-order valence-electron chi connectivity index (χ3n) is 3.25. The third kappa shape index (κ3) is 2.60. The monoisotopic (exact) mass is 338 g/mol. The molecule has 0 atom stereocenters. The molecule has 0 aliphatic heterocycles. The number of hydrogen-bond donors (Lipinski definition) is 0. The van der Waals surface area contributed by atoms with Crippen LogP contribution >= 0.6 is 23.2 Å². The van der Waals surface area contributed by atoms with E-state index in [0.717, 1.165) is 0 Å². The number of aromatic nitrogens is 2. The molecule has 0 saturated carbocycles. The second-order valence-electron chi connectivity index (χ2n) is 4.83. The van der Waals surface area contributed by atoms with Gasteiger partial charge in [0.1, 0.15) is 18.0 Å². The highest BCUT2D eigenvalue weighted by molar-refractivity contribution is 6.32. The van der Waals surface area contributed by atoms with E-state index in [2.05, 4.69) is 4.98 Å². The van der Waals surface area contributed by atoms with E-state index in [-0.39, 0.29) is 16.4 Å². The van der Waals surface area contributed by atoms with Crippen molar-refractivity contribution in [1.29, 1.82) is 0 Å². The molecule has 0 aliphatic rings. The van der Waals surface area contributed by atoms with Gasteiger partial charge in [-0.15, -0.1) is 0 Å². The van der Waals surface area contributed by atoms with E-state index in [0.29, 0.717) is 16.3 Å². The first kappa shape index (κ1) is 15.0. The molecule has 6 heteroatoms. The fourth-order valence-electron chi connectivity index (χ4n) is 2.27. The molecule has 112 valence electrons. The minimum absolute atomic E-state index is 0.0246. The minimum Gasteiger partial charge on any atom is -0.297 e. The highest BCUT2D eigenvalue weighted by atomic mass is 35.5. The lowest BCUT2D eigenvalue weighted by Crippen LogP contribution is -2.00. The fraction of sp³-hybridized carbons (Fsp3) is 0.0625. The van der Waals surface area contributed by atoms with Crippen LogP contribution < -0.4 is 0 Å². The van der Waals surface area contributed by atoms with Gasteiger partial charge in [0.2, 0.25) is 0 Å². The molecule has 0 radical (unpaired) electrons. The van der Waals surface area contributed by atoms with Crippen molar-refractivity contribution >= 4 is 23.2 Å². The van der Waals surface area contributed by atoms with Crippen molar-refractivity contribution in [2.24, 2.45) is 0 Å². The first-order valence-corrected chi connectivity index (χ1v) is 7.18. The van der Waals surface area contributed by atoms with Crippen LogP contribution in [0.25, 0.3) is 16.9 Å². The van der Waals surface area contributed by atoms with Crippen molar-refractivity contribution in [3.05, 3.63) is 70.1 Å². The molecular formula is C16H10Cl2F2N2. The summed E-state index contributed by atoms with van der Waals surface area (Å²) in [6.45, 7) is 1.62. The zero-order valence-electron chi connectivity index (χ0n) is 11.4. The number of aryl methyl sites for hydroxylation is 1. The maximum absolute atomic E-state index is 14.3. The van der Waals surface area contributed by atoms with Crippen LogP contribution in [0.3, 0.4) is 0 Å². The van der Waals surface area contributed by atoms with Gasteiger partial charge in [0, 0.05) is 10.7 Å². The van der Waals surface area contributed by atoms with E-state index in [1.807, 2.05) is 0 Å². The molecule has 0 saturated heterocycles. The van der Waals surface area contributed by atoms with Gasteiger partial charge in [0.05, 0.1) is 11.3 Å². The maximum Gasteiger partial charge on any atom is 0.155 e. The van der Waals surface area contributed by atoms with Gasteiger partial charge in [0.15, 0.2) is 5.15 Å². The average Bonchev–Trinajstić information content (AvgIpc) is 2.81. The molecular weight excluding hydrogens is 329 g/mol. The van der Waals surface area contributed by atoms with E-state index < -0.39 is 11.6 Å². The Morgan fingerprint density at radius 3 is 2.18 bits per heavy atom.